The van der Waals surface area contributed by atoms with Gasteiger partial charge in [-0.3, -0.25) is 4.90 Å². The summed E-state index contributed by atoms with van der Waals surface area (Å²) in [5, 5.41) is 3.18. The van der Waals surface area contributed by atoms with Crippen molar-refractivity contribution in [1.29, 1.82) is 0 Å². The van der Waals surface area contributed by atoms with E-state index in [4.69, 9.17) is 0 Å². The van der Waals surface area contributed by atoms with Gasteiger partial charge in [0.05, 0.1) is 11.0 Å². The van der Waals surface area contributed by atoms with Crippen molar-refractivity contribution >= 4 is 9.84 Å². The van der Waals surface area contributed by atoms with Gasteiger partial charge >= 0.3 is 0 Å². The highest BCUT2D eigenvalue weighted by molar-refractivity contribution is 7.92. The number of nitrogens with one attached hydrogen (secondary N) is 1. The maximum Gasteiger partial charge on any atom is 0.153 e. The maximum absolute atomic E-state index is 11.8. The summed E-state index contributed by atoms with van der Waals surface area (Å²) in [6.45, 7) is 10.4. The van der Waals surface area contributed by atoms with Gasteiger partial charge in [0, 0.05) is 31.7 Å². The zero-order valence-electron chi connectivity index (χ0n) is 11.4. The highest BCUT2D eigenvalue weighted by atomic mass is 32.2. The summed E-state index contributed by atoms with van der Waals surface area (Å²) in [7, 11) is -2.91. The minimum absolute atomic E-state index is 0.261. The van der Waals surface area contributed by atoms with Crippen LogP contribution in [0.25, 0.3) is 0 Å². The van der Waals surface area contributed by atoms with E-state index in [0.717, 1.165) is 19.5 Å². The lowest BCUT2D eigenvalue weighted by Crippen LogP contribution is -2.56. The molecule has 1 N–H and O–H groups in total. The van der Waals surface area contributed by atoms with E-state index in [1.807, 2.05) is 0 Å². The van der Waals surface area contributed by atoms with Gasteiger partial charge in [-0.25, -0.2) is 8.42 Å². The lowest BCUT2D eigenvalue weighted by Gasteiger charge is -2.39. The first-order valence-electron chi connectivity index (χ1n) is 6.55. The Morgan fingerprint density at radius 3 is 2.59 bits per heavy atom. The zero-order chi connectivity index (χ0) is 13.1. The maximum atomic E-state index is 11.8. The summed E-state index contributed by atoms with van der Waals surface area (Å²) < 4.78 is 23.6. The van der Waals surface area contributed by atoms with Crippen LogP contribution < -0.4 is 5.32 Å². The monoisotopic (exact) mass is 262 g/mol. The molecule has 0 aliphatic carbocycles. The second-order valence-corrected chi connectivity index (χ2v) is 7.96. The van der Waals surface area contributed by atoms with E-state index < -0.39 is 9.84 Å². The van der Waals surface area contributed by atoms with Crippen molar-refractivity contribution in [2.75, 3.05) is 25.4 Å². The molecule has 17 heavy (non-hydrogen) atoms. The predicted molar refractivity (Wildman–Crippen MR) is 72.0 cm³/mol. The van der Waals surface area contributed by atoms with Crippen molar-refractivity contribution in [3.63, 3.8) is 0 Å². The smallest absolute Gasteiger partial charge is 0.153 e. The summed E-state index contributed by atoms with van der Waals surface area (Å²) in [5.74, 6) is 0.286. The average molecular weight is 262 g/mol. The van der Waals surface area contributed by atoms with Gasteiger partial charge in [0.1, 0.15) is 0 Å². The Kier molecular flexibility index (Phi) is 5.41. The standard InChI is InChI=1S/C12H26N2O2S/c1-5-12-8-13-11(4)9-14(12)6-7-17(15,16)10(2)3/h10-13H,5-9H2,1-4H3. The fourth-order valence-corrected chi connectivity index (χ4v) is 3.15. The molecular weight excluding hydrogens is 236 g/mol. The number of hydrogen-bond donors (Lipinski definition) is 1. The second kappa shape index (κ2) is 6.16. The van der Waals surface area contributed by atoms with Gasteiger partial charge < -0.3 is 5.32 Å². The molecule has 0 amide bonds. The van der Waals surface area contributed by atoms with E-state index in [-0.39, 0.29) is 11.0 Å². The summed E-state index contributed by atoms with van der Waals surface area (Å²) in [5.41, 5.74) is 0. The van der Waals surface area contributed by atoms with Crippen LogP contribution >= 0.6 is 0 Å². The van der Waals surface area contributed by atoms with E-state index in [0.29, 0.717) is 18.6 Å². The van der Waals surface area contributed by atoms with Gasteiger partial charge in [-0.2, -0.15) is 0 Å². The van der Waals surface area contributed by atoms with Crippen molar-refractivity contribution < 1.29 is 8.42 Å². The second-order valence-electron chi connectivity index (χ2n) is 5.28. The molecule has 1 aliphatic heterocycles. The van der Waals surface area contributed by atoms with Crippen LogP contribution in [0, 0.1) is 0 Å². The Labute approximate surface area is 106 Å². The molecule has 2 unspecified atom stereocenters. The third kappa shape index (κ3) is 4.23. The molecule has 4 nitrogen and oxygen atoms in total. The number of rotatable bonds is 5. The van der Waals surface area contributed by atoms with Crippen LogP contribution in [-0.4, -0.2) is 56.0 Å². The molecule has 1 heterocycles. The van der Waals surface area contributed by atoms with Crippen molar-refractivity contribution in [2.45, 2.75) is 51.4 Å². The number of hydrogen-bond acceptors (Lipinski definition) is 4. The normalized spacial score (nSPS) is 27.6. The Morgan fingerprint density at radius 1 is 1.41 bits per heavy atom. The summed E-state index contributed by atoms with van der Waals surface area (Å²) in [4.78, 5) is 2.32. The number of nitrogens with zero attached hydrogens (tertiary/aromatic N) is 1. The Hall–Kier alpha value is -0.130. The van der Waals surface area contributed by atoms with Gasteiger partial charge in [-0.1, -0.05) is 6.92 Å². The molecule has 2 atom stereocenters. The molecule has 0 bridgehead atoms. The van der Waals surface area contributed by atoms with Gasteiger partial charge in [-0.15, -0.1) is 0 Å². The van der Waals surface area contributed by atoms with Crippen LogP contribution in [0.3, 0.4) is 0 Å². The molecule has 5 heteroatoms. The molecular formula is C12H26N2O2S. The SMILES string of the molecule is CCC1CNC(C)CN1CCS(=O)(=O)C(C)C. The lowest BCUT2D eigenvalue weighted by atomic mass is 10.1. The molecule has 0 radical (unpaired) electrons. The fraction of sp³-hybridized carbons (Fsp3) is 1.00. The van der Waals surface area contributed by atoms with Crippen LogP contribution in [0.5, 0.6) is 0 Å². The van der Waals surface area contributed by atoms with Crippen LogP contribution in [0.15, 0.2) is 0 Å². The third-order valence-corrected chi connectivity index (χ3v) is 5.77. The van der Waals surface area contributed by atoms with Crippen molar-refractivity contribution in [1.82, 2.24) is 10.2 Å². The Balaban J connectivity index is 2.54. The van der Waals surface area contributed by atoms with E-state index in [1.54, 1.807) is 13.8 Å². The molecule has 1 saturated heterocycles. The van der Waals surface area contributed by atoms with Crippen LogP contribution in [0.1, 0.15) is 34.1 Å². The quantitative estimate of drug-likeness (QED) is 0.799. The average Bonchev–Trinajstić information content (AvgIpc) is 2.26. The molecule has 102 valence electrons. The molecule has 0 aromatic heterocycles. The molecule has 0 saturated carbocycles. The summed E-state index contributed by atoms with van der Waals surface area (Å²) in [6, 6.07) is 0.938. The molecule has 0 spiro atoms. The number of piperazine rings is 1. The highest BCUT2D eigenvalue weighted by Gasteiger charge is 2.26. The lowest BCUT2D eigenvalue weighted by molar-refractivity contribution is 0.140. The Bertz CT molecular complexity index is 327. The molecule has 0 aromatic rings. The van der Waals surface area contributed by atoms with E-state index in [1.165, 1.54) is 0 Å². The zero-order valence-corrected chi connectivity index (χ0v) is 12.3. The van der Waals surface area contributed by atoms with E-state index in [2.05, 4.69) is 24.1 Å². The highest BCUT2D eigenvalue weighted by Crippen LogP contribution is 2.11. The van der Waals surface area contributed by atoms with Gasteiger partial charge in [-0.05, 0) is 27.2 Å². The first kappa shape index (κ1) is 14.9. The molecule has 1 aliphatic rings. The number of sulfone groups is 1. The van der Waals surface area contributed by atoms with Crippen molar-refractivity contribution in [3.05, 3.63) is 0 Å². The van der Waals surface area contributed by atoms with Crippen molar-refractivity contribution in [3.8, 4) is 0 Å². The largest absolute Gasteiger partial charge is 0.311 e. The van der Waals surface area contributed by atoms with Crippen LogP contribution in [0.4, 0.5) is 0 Å². The first-order chi connectivity index (χ1) is 7.86. The minimum Gasteiger partial charge on any atom is -0.311 e. The van der Waals surface area contributed by atoms with Crippen molar-refractivity contribution in [2.24, 2.45) is 0 Å². The summed E-state index contributed by atoms with van der Waals surface area (Å²) >= 11 is 0. The molecule has 1 fully saturated rings. The van der Waals surface area contributed by atoms with E-state index in [9.17, 15) is 8.42 Å². The first-order valence-corrected chi connectivity index (χ1v) is 8.27. The van der Waals surface area contributed by atoms with Crippen LogP contribution in [0.2, 0.25) is 0 Å². The third-order valence-electron chi connectivity index (χ3n) is 3.58. The van der Waals surface area contributed by atoms with Gasteiger partial charge in [0.25, 0.3) is 0 Å². The van der Waals surface area contributed by atoms with E-state index >= 15 is 0 Å². The molecule has 0 aromatic carbocycles. The van der Waals surface area contributed by atoms with Gasteiger partial charge in [0.15, 0.2) is 9.84 Å². The minimum atomic E-state index is -2.91. The predicted octanol–water partition coefficient (Wildman–Crippen LogP) is 0.882. The Morgan fingerprint density at radius 2 is 2.06 bits per heavy atom. The fourth-order valence-electron chi connectivity index (χ4n) is 2.19. The topological polar surface area (TPSA) is 49.4 Å². The van der Waals surface area contributed by atoms with Gasteiger partial charge in [0.2, 0.25) is 0 Å². The van der Waals surface area contributed by atoms with Crippen LogP contribution in [-0.2, 0) is 9.84 Å². The summed E-state index contributed by atoms with van der Waals surface area (Å²) in [6.07, 6.45) is 1.07. The molecule has 1 rings (SSSR count).